The van der Waals surface area contributed by atoms with Gasteiger partial charge in [0.05, 0.1) is 35.5 Å². The van der Waals surface area contributed by atoms with Gasteiger partial charge in [-0.15, -0.1) is 0 Å². The molecule has 182 valence electrons. The smallest absolute Gasteiger partial charge is 0.295 e. The van der Waals surface area contributed by atoms with E-state index in [9.17, 15) is 0 Å². The van der Waals surface area contributed by atoms with E-state index < -0.39 is 23.0 Å². The highest BCUT2D eigenvalue weighted by molar-refractivity contribution is 5.38. The second-order valence-corrected chi connectivity index (χ2v) is 12.4. The van der Waals surface area contributed by atoms with Crippen molar-refractivity contribution >= 4 is 0 Å². The molecule has 7 heteroatoms. The molecule has 0 spiro atoms. The second-order valence-electron chi connectivity index (χ2n) is 12.4. The van der Waals surface area contributed by atoms with Gasteiger partial charge in [0.1, 0.15) is 11.3 Å². The van der Waals surface area contributed by atoms with E-state index in [4.69, 9.17) is 9.84 Å². The van der Waals surface area contributed by atoms with Gasteiger partial charge in [-0.25, -0.2) is 0 Å². The fourth-order valence-electron chi connectivity index (χ4n) is 5.82. The first-order valence-electron chi connectivity index (χ1n) is 12.5. The zero-order valence-electron chi connectivity index (χ0n) is 21.1. The minimum atomic E-state index is -2.97. The van der Waals surface area contributed by atoms with Crippen molar-refractivity contribution in [1.82, 2.24) is 19.6 Å². The summed E-state index contributed by atoms with van der Waals surface area (Å²) in [4.78, 5) is 0. The van der Waals surface area contributed by atoms with Crippen molar-refractivity contribution in [2.75, 3.05) is 6.61 Å². The lowest BCUT2D eigenvalue weighted by Gasteiger charge is -2.29. The Hall–Kier alpha value is -1.76. The average molecular weight is 461 g/mol. The van der Waals surface area contributed by atoms with Crippen molar-refractivity contribution in [2.24, 2.45) is 5.92 Å². The fraction of sp³-hybridized carbons (Fsp3) is 0.769. The third kappa shape index (κ3) is 3.48. The Labute approximate surface area is 195 Å². The highest BCUT2D eigenvalue weighted by atomic mass is 19.3. The molecule has 2 aromatic heterocycles. The van der Waals surface area contributed by atoms with Crippen LogP contribution in [0.5, 0.6) is 0 Å². The lowest BCUT2D eigenvalue weighted by molar-refractivity contribution is -0.113. The van der Waals surface area contributed by atoms with Crippen LogP contribution in [0.4, 0.5) is 8.78 Å². The SMILES string of the molecule is C[C@@H]1c2cnn(C(C)(C)C)c2C(F)(F)C1COC1(c2nn(C(C)(C)C)c3c2CCCC3)CC1. The van der Waals surface area contributed by atoms with Gasteiger partial charge in [0.2, 0.25) is 0 Å². The molecular formula is C26H38F2N4O. The first-order valence-corrected chi connectivity index (χ1v) is 12.5. The molecule has 5 rings (SSSR count). The van der Waals surface area contributed by atoms with Gasteiger partial charge in [-0.2, -0.15) is 19.0 Å². The van der Waals surface area contributed by atoms with Gasteiger partial charge in [0, 0.05) is 11.3 Å². The van der Waals surface area contributed by atoms with Crippen LogP contribution in [0.3, 0.4) is 0 Å². The molecule has 5 nitrogen and oxygen atoms in total. The van der Waals surface area contributed by atoms with E-state index in [1.807, 2.05) is 27.7 Å². The Morgan fingerprint density at radius 3 is 2.27 bits per heavy atom. The Morgan fingerprint density at radius 1 is 1.03 bits per heavy atom. The number of alkyl halides is 2. The third-order valence-corrected chi connectivity index (χ3v) is 7.80. The summed E-state index contributed by atoms with van der Waals surface area (Å²) < 4.78 is 41.6. The van der Waals surface area contributed by atoms with Crippen LogP contribution in [0.25, 0.3) is 0 Å². The van der Waals surface area contributed by atoms with Crippen molar-refractivity contribution in [3.8, 4) is 0 Å². The molecule has 3 aliphatic rings. The van der Waals surface area contributed by atoms with Crippen LogP contribution in [-0.4, -0.2) is 26.2 Å². The lowest BCUT2D eigenvalue weighted by Crippen LogP contribution is -2.35. The molecule has 1 unspecified atom stereocenters. The van der Waals surface area contributed by atoms with Crippen molar-refractivity contribution in [1.29, 1.82) is 0 Å². The summed E-state index contributed by atoms with van der Waals surface area (Å²) in [7, 11) is 0. The molecule has 1 saturated carbocycles. The highest BCUT2D eigenvalue weighted by Crippen LogP contribution is 2.56. The van der Waals surface area contributed by atoms with Crippen molar-refractivity contribution in [3.63, 3.8) is 0 Å². The summed E-state index contributed by atoms with van der Waals surface area (Å²) in [6, 6.07) is 0. The van der Waals surface area contributed by atoms with Crippen LogP contribution in [0, 0.1) is 5.92 Å². The maximum atomic E-state index is 15.7. The maximum absolute atomic E-state index is 15.7. The molecule has 2 heterocycles. The zero-order chi connectivity index (χ0) is 24.0. The summed E-state index contributed by atoms with van der Waals surface area (Å²) in [5, 5.41) is 9.38. The molecule has 1 fully saturated rings. The predicted molar refractivity (Wildman–Crippen MR) is 124 cm³/mol. The van der Waals surface area contributed by atoms with E-state index in [0.29, 0.717) is 5.56 Å². The van der Waals surface area contributed by atoms with E-state index in [-0.39, 0.29) is 23.8 Å². The Bertz CT molecular complexity index is 1070. The van der Waals surface area contributed by atoms with Crippen LogP contribution in [0.1, 0.15) is 108 Å². The van der Waals surface area contributed by atoms with E-state index in [1.165, 1.54) is 22.4 Å². The van der Waals surface area contributed by atoms with E-state index in [2.05, 4.69) is 30.6 Å². The van der Waals surface area contributed by atoms with Crippen LogP contribution < -0.4 is 0 Å². The summed E-state index contributed by atoms with van der Waals surface area (Å²) in [6.07, 6.45) is 7.72. The van der Waals surface area contributed by atoms with Crippen molar-refractivity contribution in [3.05, 3.63) is 34.4 Å². The Balaban J connectivity index is 1.43. The number of ether oxygens (including phenoxy) is 1. The monoisotopic (exact) mass is 460 g/mol. The molecular weight excluding hydrogens is 422 g/mol. The largest absolute Gasteiger partial charge is 0.368 e. The number of halogens is 2. The zero-order valence-corrected chi connectivity index (χ0v) is 21.1. The molecule has 3 aliphatic carbocycles. The molecule has 0 saturated heterocycles. The molecule has 0 aliphatic heterocycles. The lowest BCUT2D eigenvalue weighted by atomic mass is 9.92. The summed E-state index contributed by atoms with van der Waals surface area (Å²) in [5.41, 5.74) is 3.25. The minimum Gasteiger partial charge on any atom is -0.368 e. The number of hydrogen-bond donors (Lipinski definition) is 0. The minimum absolute atomic E-state index is 0.0319. The topological polar surface area (TPSA) is 44.9 Å². The van der Waals surface area contributed by atoms with Crippen LogP contribution in [0.2, 0.25) is 0 Å². The van der Waals surface area contributed by atoms with Gasteiger partial charge in [0.25, 0.3) is 5.92 Å². The fourth-order valence-corrected chi connectivity index (χ4v) is 5.82. The number of rotatable bonds is 4. The summed E-state index contributed by atoms with van der Waals surface area (Å²) in [6.45, 7) is 14.2. The van der Waals surface area contributed by atoms with Gasteiger partial charge in [-0.1, -0.05) is 6.92 Å². The van der Waals surface area contributed by atoms with Gasteiger partial charge >= 0.3 is 0 Å². The normalized spacial score (nSPS) is 25.7. The summed E-state index contributed by atoms with van der Waals surface area (Å²) in [5.74, 6) is -4.17. The molecule has 2 aromatic rings. The second kappa shape index (κ2) is 7.12. The molecule has 0 bridgehead atoms. The molecule has 2 atom stereocenters. The molecule has 33 heavy (non-hydrogen) atoms. The number of nitrogens with zero attached hydrogens (tertiary/aromatic N) is 4. The first kappa shape index (κ1) is 23.0. The molecule has 0 amide bonds. The summed E-state index contributed by atoms with van der Waals surface area (Å²) >= 11 is 0. The van der Waals surface area contributed by atoms with Gasteiger partial charge in [-0.3, -0.25) is 9.36 Å². The standard InChI is InChI=1S/C26H38F2N4O/c1-16-18-14-29-32(24(5,6)7)22(18)26(27,28)19(16)15-33-25(12-13-25)21-17-10-8-9-11-20(17)31(30-21)23(2,3)4/h14,16,19H,8-13,15H2,1-7H3/t16-,19?/m1/s1. The quantitative estimate of drug-likeness (QED) is 0.562. The highest BCUT2D eigenvalue weighted by Gasteiger charge is 2.58. The Kier molecular flexibility index (Phi) is 4.97. The van der Waals surface area contributed by atoms with Crippen LogP contribution in [-0.2, 0) is 40.2 Å². The van der Waals surface area contributed by atoms with Crippen molar-refractivity contribution in [2.45, 2.75) is 116 Å². The van der Waals surface area contributed by atoms with Gasteiger partial charge in [0.15, 0.2) is 0 Å². The van der Waals surface area contributed by atoms with Crippen LogP contribution in [0.15, 0.2) is 6.20 Å². The number of fused-ring (bicyclic) bond motifs is 2. The van der Waals surface area contributed by atoms with E-state index >= 15 is 8.78 Å². The third-order valence-electron chi connectivity index (χ3n) is 7.80. The average Bonchev–Trinajstić information content (AvgIpc) is 3.10. The molecule has 0 radical (unpaired) electrons. The van der Waals surface area contributed by atoms with E-state index in [0.717, 1.165) is 37.8 Å². The van der Waals surface area contributed by atoms with Gasteiger partial charge < -0.3 is 4.74 Å². The van der Waals surface area contributed by atoms with Crippen molar-refractivity contribution < 1.29 is 13.5 Å². The maximum Gasteiger partial charge on any atom is 0.295 e. The van der Waals surface area contributed by atoms with Crippen LogP contribution >= 0.6 is 0 Å². The number of aromatic nitrogens is 4. The number of hydrogen-bond acceptors (Lipinski definition) is 3. The molecule has 0 aromatic carbocycles. The predicted octanol–water partition coefficient (Wildman–Crippen LogP) is 6.00. The first-order chi connectivity index (χ1) is 15.3. The van der Waals surface area contributed by atoms with E-state index in [1.54, 1.807) is 6.20 Å². The van der Waals surface area contributed by atoms with Gasteiger partial charge in [-0.05, 0) is 91.5 Å². The Morgan fingerprint density at radius 2 is 1.67 bits per heavy atom. The molecule has 0 N–H and O–H groups in total.